The van der Waals surface area contributed by atoms with Crippen LogP contribution in [0.4, 0.5) is 4.79 Å². The van der Waals surface area contributed by atoms with Crippen molar-refractivity contribution in [1.82, 2.24) is 20.0 Å². The predicted octanol–water partition coefficient (Wildman–Crippen LogP) is 4.17. The summed E-state index contributed by atoms with van der Waals surface area (Å²) in [6, 6.07) is 5.82. The van der Waals surface area contributed by atoms with Gasteiger partial charge in [0.25, 0.3) is 5.91 Å². The Balaban J connectivity index is 1.26. The van der Waals surface area contributed by atoms with Crippen LogP contribution >= 0.6 is 0 Å². The fourth-order valence-electron chi connectivity index (χ4n) is 5.31. The smallest absolute Gasteiger partial charge is 0.410 e. The van der Waals surface area contributed by atoms with E-state index in [-0.39, 0.29) is 23.9 Å². The van der Waals surface area contributed by atoms with Crippen LogP contribution in [0, 0.1) is 0 Å². The molecule has 3 aliphatic heterocycles. The highest BCUT2D eigenvalue weighted by molar-refractivity contribution is 6.09. The fourth-order valence-corrected chi connectivity index (χ4v) is 5.31. The van der Waals surface area contributed by atoms with Crippen molar-refractivity contribution < 1.29 is 19.1 Å². The van der Waals surface area contributed by atoms with Crippen LogP contribution in [0.5, 0.6) is 0 Å². The first-order valence-corrected chi connectivity index (χ1v) is 13.4. The minimum atomic E-state index is -0.473. The molecule has 3 heterocycles. The van der Waals surface area contributed by atoms with Gasteiger partial charge in [0, 0.05) is 48.6 Å². The highest BCUT2D eigenvalue weighted by Gasteiger charge is 2.39. The van der Waals surface area contributed by atoms with E-state index >= 15 is 0 Å². The van der Waals surface area contributed by atoms with Gasteiger partial charge < -0.3 is 19.9 Å². The second-order valence-corrected chi connectivity index (χ2v) is 11.2. The van der Waals surface area contributed by atoms with Crippen LogP contribution < -0.4 is 5.32 Å². The lowest BCUT2D eigenvalue weighted by molar-refractivity contribution is -0.121. The van der Waals surface area contributed by atoms with Gasteiger partial charge in [-0.2, -0.15) is 0 Å². The zero-order chi connectivity index (χ0) is 26.7. The molecule has 200 valence electrons. The molecule has 0 spiro atoms. The van der Waals surface area contributed by atoms with E-state index < -0.39 is 5.60 Å². The first-order valence-electron chi connectivity index (χ1n) is 13.4. The van der Waals surface area contributed by atoms with E-state index in [2.05, 4.69) is 29.4 Å². The Hall–Kier alpha value is -3.13. The number of nitrogens with one attached hydrogen (secondary N) is 1. The molecule has 37 heavy (non-hydrogen) atoms. The summed E-state index contributed by atoms with van der Waals surface area (Å²) in [7, 11) is 0. The molecule has 8 heteroatoms. The maximum atomic E-state index is 13.3. The van der Waals surface area contributed by atoms with Crippen LogP contribution in [0.15, 0.2) is 37.1 Å². The summed E-state index contributed by atoms with van der Waals surface area (Å²) < 4.78 is 5.53. The van der Waals surface area contributed by atoms with Gasteiger partial charge in [-0.1, -0.05) is 25.3 Å². The van der Waals surface area contributed by atoms with Crippen LogP contribution in [-0.4, -0.2) is 77.0 Å². The van der Waals surface area contributed by atoms with Crippen molar-refractivity contribution >= 4 is 23.6 Å². The molecule has 1 aromatic carbocycles. The van der Waals surface area contributed by atoms with Gasteiger partial charge in [-0.15, -0.1) is 0 Å². The molecule has 1 unspecified atom stereocenters. The van der Waals surface area contributed by atoms with Crippen LogP contribution in [-0.2, 0) is 16.0 Å². The average molecular weight is 509 g/mol. The quantitative estimate of drug-likeness (QED) is 0.584. The lowest BCUT2D eigenvalue weighted by Gasteiger charge is -2.33. The number of hydrogen-bond donors (Lipinski definition) is 1. The number of carbonyl (C=O) groups excluding carboxylic acids is 3. The largest absolute Gasteiger partial charge is 0.444 e. The molecule has 0 aliphatic carbocycles. The lowest BCUT2D eigenvalue weighted by Crippen LogP contribution is -2.45. The molecule has 4 rings (SSSR count). The van der Waals surface area contributed by atoms with Gasteiger partial charge in [0.15, 0.2) is 0 Å². The van der Waals surface area contributed by atoms with Gasteiger partial charge in [-0.3, -0.25) is 14.5 Å². The van der Waals surface area contributed by atoms with Crippen molar-refractivity contribution in [3.05, 3.63) is 53.7 Å². The summed E-state index contributed by atoms with van der Waals surface area (Å²) in [6.07, 6.45) is 4.63. The first-order chi connectivity index (χ1) is 17.5. The molecule has 1 atom stereocenters. The Morgan fingerprint density at radius 1 is 1.08 bits per heavy atom. The van der Waals surface area contributed by atoms with E-state index in [0.717, 1.165) is 63.0 Å². The van der Waals surface area contributed by atoms with Crippen molar-refractivity contribution in [2.45, 2.75) is 70.9 Å². The van der Waals surface area contributed by atoms with Crippen LogP contribution in [0.1, 0.15) is 74.4 Å². The lowest BCUT2D eigenvalue weighted by atomic mass is 10.0. The third-order valence-corrected chi connectivity index (χ3v) is 7.22. The topological polar surface area (TPSA) is 82.2 Å². The molecule has 0 bridgehead atoms. The molecule has 2 fully saturated rings. The van der Waals surface area contributed by atoms with E-state index in [1.807, 2.05) is 37.8 Å². The van der Waals surface area contributed by atoms with Crippen LogP contribution in [0.3, 0.4) is 0 Å². The van der Waals surface area contributed by atoms with Gasteiger partial charge in [-0.25, -0.2) is 4.79 Å². The second-order valence-electron chi connectivity index (χ2n) is 11.2. The van der Waals surface area contributed by atoms with Crippen molar-refractivity contribution in [2.24, 2.45) is 0 Å². The number of benzene rings is 1. The van der Waals surface area contributed by atoms with Crippen molar-refractivity contribution in [2.75, 3.05) is 32.7 Å². The number of ether oxygens (including phenoxy) is 1. The number of carbonyl (C=O) groups is 3. The monoisotopic (exact) mass is 508 g/mol. The SMILES string of the molecule is C=C1NC(=O)CCC1N1C(=C)c2ccc(CCCCN3CCCN(C(=O)OC(C)(C)C)CC3)cc2C1=O. The van der Waals surface area contributed by atoms with Crippen molar-refractivity contribution in [1.29, 1.82) is 0 Å². The van der Waals surface area contributed by atoms with Gasteiger partial charge >= 0.3 is 6.09 Å². The number of fused-ring (bicyclic) bond motifs is 1. The maximum Gasteiger partial charge on any atom is 0.410 e. The van der Waals surface area contributed by atoms with E-state index in [1.54, 1.807) is 4.90 Å². The number of amides is 3. The normalized spacial score (nSPS) is 21.1. The Kier molecular flexibility index (Phi) is 8.07. The summed E-state index contributed by atoms with van der Waals surface area (Å²) in [4.78, 5) is 43.3. The Bertz CT molecular complexity index is 1090. The molecule has 8 nitrogen and oxygen atoms in total. The third kappa shape index (κ3) is 6.42. The predicted molar refractivity (Wildman–Crippen MR) is 144 cm³/mol. The number of piperidine rings is 1. The van der Waals surface area contributed by atoms with E-state index in [9.17, 15) is 14.4 Å². The number of rotatable bonds is 6. The molecule has 3 amide bonds. The first kappa shape index (κ1) is 26.9. The Morgan fingerprint density at radius 2 is 1.86 bits per heavy atom. The van der Waals surface area contributed by atoms with Gasteiger partial charge in [0.2, 0.25) is 5.91 Å². The Labute approximate surface area is 220 Å². The maximum absolute atomic E-state index is 13.3. The summed E-state index contributed by atoms with van der Waals surface area (Å²) in [6.45, 7) is 18.1. The molecule has 2 saturated heterocycles. The van der Waals surface area contributed by atoms with E-state index in [1.165, 1.54) is 0 Å². The number of unbranched alkanes of at least 4 members (excludes halogenated alkanes) is 1. The second kappa shape index (κ2) is 11.1. The summed E-state index contributed by atoms with van der Waals surface area (Å²) >= 11 is 0. The number of aryl methyl sites for hydroxylation is 1. The highest BCUT2D eigenvalue weighted by Crippen LogP contribution is 2.37. The molecular weight excluding hydrogens is 468 g/mol. The van der Waals surface area contributed by atoms with Crippen LogP contribution in [0.25, 0.3) is 5.70 Å². The Morgan fingerprint density at radius 3 is 2.59 bits per heavy atom. The minimum absolute atomic E-state index is 0.0566. The molecule has 3 aliphatic rings. The molecular formula is C29H40N4O4. The van der Waals surface area contributed by atoms with E-state index in [0.29, 0.717) is 36.3 Å². The minimum Gasteiger partial charge on any atom is -0.444 e. The number of hydrogen-bond acceptors (Lipinski definition) is 5. The van der Waals surface area contributed by atoms with Gasteiger partial charge in [0.05, 0.1) is 6.04 Å². The molecule has 0 aromatic heterocycles. The summed E-state index contributed by atoms with van der Waals surface area (Å²) in [5, 5.41) is 2.77. The molecule has 1 N–H and O–H groups in total. The zero-order valence-electron chi connectivity index (χ0n) is 22.5. The fraction of sp³-hybridized carbons (Fsp3) is 0.552. The van der Waals surface area contributed by atoms with E-state index in [4.69, 9.17) is 4.74 Å². The molecule has 0 radical (unpaired) electrons. The number of nitrogens with zero attached hydrogens (tertiary/aromatic N) is 3. The molecule has 1 aromatic rings. The summed E-state index contributed by atoms with van der Waals surface area (Å²) in [5.74, 6) is -0.123. The van der Waals surface area contributed by atoms with Crippen LogP contribution in [0.2, 0.25) is 0 Å². The summed E-state index contributed by atoms with van der Waals surface area (Å²) in [5.41, 5.74) is 3.44. The molecule has 0 saturated carbocycles. The van der Waals surface area contributed by atoms with Crippen molar-refractivity contribution in [3.8, 4) is 0 Å². The third-order valence-electron chi connectivity index (χ3n) is 7.22. The zero-order valence-corrected chi connectivity index (χ0v) is 22.5. The van der Waals surface area contributed by atoms with Gasteiger partial charge in [-0.05, 0) is 77.6 Å². The average Bonchev–Trinajstić information content (AvgIpc) is 2.97. The standard InChI is InChI=1S/C29H40N4O4/c1-20-25(12-13-26(34)30-20)33-21(2)23-11-10-22(19-24(23)27(33)35)9-6-7-14-31-15-8-16-32(18-17-31)28(36)37-29(3,4)5/h10-11,19,25H,1-2,6-9,12-18H2,3-5H3,(H,30,34). The van der Waals surface area contributed by atoms with Crippen molar-refractivity contribution in [3.63, 3.8) is 0 Å². The van der Waals surface area contributed by atoms with Gasteiger partial charge in [0.1, 0.15) is 5.60 Å². The highest BCUT2D eigenvalue weighted by atomic mass is 16.6.